The lowest BCUT2D eigenvalue weighted by atomic mass is 10.1. The molecule has 0 bridgehead atoms. The van der Waals surface area contributed by atoms with E-state index >= 15 is 0 Å². The van der Waals surface area contributed by atoms with Crippen molar-refractivity contribution in [2.75, 3.05) is 0 Å². The molecule has 124 valence electrons. The lowest BCUT2D eigenvalue weighted by Gasteiger charge is -2.13. The quantitative estimate of drug-likeness (QED) is 0.648. The van der Waals surface area contributed by atoms with E-state index in [4.69, 9.17) is 11.6 Å². The van der Waals surface area contributed by atoms with Crippen molar-refractivity contribution in [3.8, 4) is 0 Å². The Hall–Kier alpha value is -1.98. The highest BCUT2D eigenvalue weighted by Gasteiger charge is 2.19. The molecule has 1 unspecified atom stereocenters. The summed E-state index contributed by atoms with van der Waals surface area (Å²) in [6.45, 7) is 1.95. The largest absolute Gasteiger partial charge is 0.344 e. The van der Waals surface area contributed by atoms with Crippen LogP contribution >= 0.6 is 24.2 Å². The Bertz CT molecular complexity index is 837. The van der Waals surface area contributed by atoms with Gasteiger partial charge in [0.25, 0.3) is 0 Å². The van der Waals surface area contributed by atoms with Gasteiger partial charge in [-0.3, -0.25) is 10.2 Å². The molecule has 0 amide bonds. The fourth-order valence-electron chi connectivity index (χ4n) is 2.78. The number of hydrogen-bond donors (Lipinski definition) is 2. The Morgan fingerprint density at radius 3 is 2.71 bits per heavy atom. The molecule has 1 aromatic carbocycles. The standard InChI is InChI=1S/C18H18ClN3OS/c1-11-9-15(10-14-7-8-16(24)21-20-14)22(2)17(11)18(23)12-3-5-13(19)6-4-12/h3-9,16,21,24H,10H2,1-2H3. The number of benzene rings is 1. The molecule has 24 heavy (non-hydrogen) atoms. The normalized spacial score (nSPS) is 16.7. The smallest absolute Gasteiger partial charge is 0.209 e. The molecule has 1 aliphatic heterocycles. The minimum Gasteiger partial charge on any atom is -0.344 e. The van der Waals surface area contributed by atoms with E-state index < -0.39 is 0 Å². The molecule has 3 rings (SSSR count). The second kappa shape index (κ2) is 6.87. The zero-order valence-corrected chi connectivity index (χ0v) is 15.1. The summed E-state index contributed by atoms with van der Waals surface area (Å²) >= 11 is 10.2. The molecule has 0 aliphatic carbocycles. The van der Waals surface area contributed by atoms with Crippen LogP contribution in [0.1, 0.15) is 27.3 Å². The average Bonchev–Trinajstić information content (AvgIpc) is 2.83. The van der Waals surface area contributed by atoms with Gasteiger partial charge in [0, 0.05) is 29.7 Å². The molecule has 2 heterocycles. The lowest BCUT2D eigenvalue weighted by molar-refractivity contribution is 0.103. The average molecular weight is 360 g/mol. The number of allylic oxidation sites excluding steroid dienone is 1. The number of hydrazone groups is 1. The Labute approximate surface area is 151 Å². The topological polar surface area (TPSA) is 46.4 Å². The third-order valence-electron chi connectivity index (χ3n) is 4.02. The van der Waals surface area contributed by atoms with Crippen LogP contribution in [0.3, 0.4) is 0 Å². The number of thiol groups is 1. The van der Waals surface area contributed by atoms with E-state index in [0.717, 1.165) is 17.0 Å². The van der Waals surface area contributed by atoms with Crippen LogP contribution in [0.25, 0.3) is 0 Å². The Morgan fingerprint density at radius 1 is 1.38 bits per heavy atom. The van der Waals surface area contributed by atoms with Crippen LogP contribution in [0.4, 0.5) is 0 Å². The maximum atomic E-state index is 12.8. The maximum Gasteiger partial charge on any atom is 0.209 e. The van der Waals surface area contributed by atoms with Crippen molar-refractivity contribution in [3.05, 3.63) is 70.0 Å². The molecule has 4 nitrogen and oxygen atoms in total. The first-order valence-corrected chi connectivity index (χ1v) is 8.49. The Balaban J connectivity index is 1.88. The van der Waals surface area contributed by atoms with E-state index in [1.165, 1.54) is 0 Å². The second-order valence-electron chi connectivity index (χ2n) is 5.78. The summed E-state index contributed by atoms with van der Waals surface area (Å²) in [5.74, 6) is -0.00686. The van der Waals surface area contributed by atoms with Gasteiger partial charge in [0.2, 0.25) is 5.78 Å². The van der Waals surface area contributed by atoms with E-state index in [-0.39, 0.29) is 11.2 Å². The number of rotatable bonds is 4. The summed E-state index contributed by atoms with van der Waals surface area (Å²) < 4.78 is 1.94. The predicted octanol–water partition coefficient (Wildman–Crippen LogP) is 3.53. The van der Waals surface area contributed by atoms with Gasteiger partial charge in [-0.2, -0.15) is 5.10 Å². The van der Waals surface area contributed by atoms with Crippen molar-refractivity contribution in [3.63, 3.8) is 0 Å². The first-order chi connectivity index (χ1) is 11.5. The van der Waals surface area contributed by atoms with Crippen LogP contribution in [0.15, 0.2) is 47.6 Å². The Morgan fingerprint density at radius 2 is 2.08 bits per heavy atom. The zero-order valence-electron chi connectivity index (χ0n) is 13.5. The van der Waals surface area contributed by atoms with Gasteiger partial charge in [0.1, 0.15) is 5.37 Å². The van der Waals surface area contributed by atoms with Crippen LogP contribution in [0.5, 0.6) is 0 Å². The molecular weight excluding hydrogens is 342 g/mol. The minimum absolute atomic E-state index is 0.00686. The number of nitrogens with zero attached hydrogens (tertiary/aromatic N) is 2. The van der Waals surface area contributed by atoms with Crippen molar-refractivity contribution >= 4 is 35.7 Å². The summed E-state index contributed by atoms with van der Waals surface area (Å²) in [6, 6.07) is 9.00. The van der Waals surface area contributed by atoms with E-state index in [1.54, 1.807) is 24.3 Å². The maximum absolute atomic E-state index is 12.8. The van der Waals surface area contributed by atoms with Crippen LogP contribution in [0.2, 0.25) is 5.02 Å². The first-order valence-electron chi connectivity index (χ1n) is 7.59. The van der Waals surface area contributed by atoms with Gasteiger partial charge in [-0.25, -0.2) is 0 Å². The molecule has 0 spiro atoms. The van der Waals surface area contributed by atoms with Crippen LogP contribution in [-0.2, 0) is 13.5 Å². The van der Waals surface area contributed by atoms with Crippen molar-refractivity contribution < 1.29 is 4.79 Å². The summed E-state index contributed by atoms with van der Waals surface area (Å²) in [6.07, 6.45) is 4.55. The third kappa shape index (κ3) is 3.42. The van der Waals surface area contributed by atoms with E-state index in [9.17, 15) is 4.79 Å². The number of ketones is 1. The molecule has 1 N–H and O–H groups in total. The second-order valence-corrected chi connectivity index (χ2v) is 6.77. The van der Waals surface area contributed by atoms with Crippen LogP contribution < -0.4 is 5.43 Å². The van der Waals surface area contributed by atoms with Crippen molar-refractivity contribution in [2.24, 2.45) is 12.1 Å². The van der Waals surface area contributed by atoms with E-state index in [1.807, 2.05) is 36.8 Å². The molecule has 2 aromatic rings. The van der Waals surface area contributed by atoms with Gasteiger partial charge in [-0.1, -0.05) is 11.6 Å². The molecular formula is C18H18ClN3OS. The van der Waals surface area contributed by atoms with Gasteiger partial charge in [0.05, 0.1) is 11.4 Å². The lowest BCUT2D eigenvalue weighted by Crippen LogP contribution is -2.23. The molecule has 1 aliphatic rings. The highest BCUT2D eigenvalue weighted by Crippen LogP contribution is 2.20. The van der Waals surface area contributed by atoms with E-state index in [2.05, 4.69) is 23.2 Å². The molecule has 0 radical (unpaired) electrons. The zero-order chi connectivity index (χ0) is 17.3. The Kier molecular flexibility index (Phi) is 4.83. The number of aryl methyl sites for hydroxylation is 1. The summed E-state index contributed by atoms with van der Waals surface area (Å²) in [5.41, 5.74) is 7.14. The van der Waals surface area contributed by atoms with Gasteiger partial charge in [0.15, 0.2) is 0 Å². The SMILES string of the molecule is Cc1cc(CC2=NNC(S)C=C2)n(C)c1C(=O)c1ccc(Cl)cc1. The molecule has 6 heteroatoms. The van der Waals surface area contributed by atoms with Gasteiger partial charge < -0.3 is 4.57 Å². The predicted molar refractivity (Wildman–Crippen MR) is 101 cm³/mol. The number of halogens is 1. The number of hydrogen-bond acceptors (Lipinski definition) is 4. The van der Waals surface area contributed by atoms with Crippen LogP contribution in [0, 0.1) is 6.92 Å². The van der Waals surface area contributed by atoms with Gasteiger partial charge in [-0.05, 0) is 55.0 Å². The van der Waals surface area contributed by atoms with Gasteiger partial charge >= 0.3 is 0 Å². The highest BCUT2D eigenvalue weighted by atomic mass is 35.5. The molecule has 0 fully saturated rings. The first kappa shape index (κ1) is 16.9. The molecule has 1 atom stereocenters. The van der Waals surface area contributed by atoms with Gasteiger partial charge in [-0.15, -0.1) is 12.6 Å². The number of carbonyl (C=O) groups is 1. The summed E-state index contributed by atoms with van der Waals surface area (Å²) in [7, 11) is 1.91. The number of nitrogens with one attached hydrogen (secondary N) is 1. The van der Waals surface area contributed by atoms with Crippen molar-refractivity contribution in [1.29, 1.82) is 0 Å². The number of carbonyl (C=O) groups excluding carboxylic acids is 1. The fourth-order valence-corrected chi connectivity index (χ4v) is 3.05. The molecule has 0 saturated heterocycles. The molecule has 0 saturated carbocycles. The summed E-state index contributed by atoms with van der Waals surface area (Å²) in [4.78, 5) is 12.8. The number of aromatic nitrogens is 1. The van der Waals surface area contributed by atoms with Crippen LogP contribution in [-0.4, -0.2) is 21.4 Å². The molecule has 1 aromatic heterocycles. The highest BCUT2D eigenvalue weighted by molar-refractivity contribution is 7.81. The van der Waals surface area contributed by atoms with Crippen molar-refractivity contribution in [1.82, 2.24) is 9.99 Å². The van der Waals surface area contributed by atoms with Crippen molar-refractivity contribution in [2.45, 2.75) is 18.7 Å². The minimum atomic E-state index is -0.0501. The summed E-state index contributed by atoms with van der Waals surface area (Å²) in [5, 5.41) is 4.86. The monoisotopic (exact) mass is 359 g/mol. The van der Waals surface area contributed by atoms with E-state index in [0.29, 0.717) is 22.7 Å². The fraction of sp³-hybridized carbons (Fsp3) is 0.222. The third-order valence-corrected chi connectivity index (χ3v) is 4.56.